The molecule has 0 radical (unpaired) electrons. The molecular weight excluding hydrogens is 516 g/mol. The Labute approximate surface area is 230 Å². The highest BCUT2D eigenvalue weighted by Gasteiger charge is 2.36. The first-order valence-corrected chi connectivity index (χ1v) is 12.7. The number of amides is 3. The van der Waals surface area contributed by atoms with Gasteiger partial charge in [0.2, 0.25) is 11.9 Å². The van der Waals surface area contributed by atoms with Gasteiger partial charge in [0.1, 0.15) is 6.04 Å². The van der Waals surface area contributed by atoms with Crippen LogP contribution in [0.4, 0.5) is 11.6 Å². The summed E-state index contributed by atoms with van der Waals surface area (Å²) in [5.41, 5.74) is 4.21. The Kier molecular flexibility index (Phi) is 7.33. The number of carbonyl (C=O) groups excluding carboxylic acids is 3. The molecular formula is C29H25ClN6O3. The van der Waals surface area contributed by atoms with Gasteiger partial charge in [0.05, 0.1) is 11.3 Å². The van der Waals surface area contributed by atoms with Gasteiger partial charge in [-0.2, -0.15) is 0 Å². The van der Waals surface area contributed by atoms with Gasteiger partial charge in [-0.25, -0.2) is 9.97 Å². The number of hydrogen-bond acceptors (Lipinski definition) is 6. The molecule has 4 aromatic rings. The smallest absolute Gasteiger partial charge is 0.258 e. The number of nitrogens with zero attached hydrogens (tertiary/aromatic N) is 4. The van der Waals surface area contributed by atoms with Gasteiger partial charge in [-0.05, 0) is 66.9 Å². The van der Waals surface area contributed by atoms with E-state index in [2.05, 4.69) is 25.6 Å². The Balaban J connectivity index is 1.44. The maximum Gasteiger partial charge on any atom is 0.258 e. The van der Waals surface area contributed by atoms with Crippen molar-refractivity contribution < 1.29 is 14.4 Å². The van der Waals surface area contributed by atoms with Crippen LogP contribution < -0.4 is 10.6 Å². The molecule has 2 aromatic carbocycles. The predicted octanol–water partition coefficient (Wildman–Crippen LogP) is 4.60. The number of rotatable bonds is 6. The summed E-state index contributed by atoms with van der Waals surface area (Å²) in [6.45, 7) is 3.82. The number of hydrogen-bond donors (Lipinski definition) is 2. The van der Waals surface area contributed by atoms with E-state index in [1.54, 1.807) is 59.9 Å². The van der Waals surface area contributed by atoms with Crippen molar-refractivity contribution in [1.82, 2.24) is 19.9 Å². The fraction of sp³-hybridized carbons (Fsp3) is 0.172. The second kappa shape index (κ2) is 11.0. The SMILES string of the molecule is Cc1cnc(NC(=O)c2ccc(CN3C(=O)c4ccc(Cl)cc4NC(=O)[C@H]3Cc3ccccn3)cc2C)nc1. The number of benzene rings is 2. The third kappa shape index (κ3) is 5.78. The average molecular weight is 541 g/mol. The highest BCUT2D eigenvalue weighted by molar-refractivity contribution is 6.31. The van der Waals surface area contributed by atoms with Gasteiger partial charge in [0, 0.05) is 47.8 Å². The fourth-order valence-electron chi connectivity index (χ4n) is 4.46. The highest BCUT2D eigenvalue weighted by atomic mass is 35.5. The number of pyridine rings is 1. The summed E-state index contributed by atoms with van der Waals surface area (Å²) in [6.07, 6.45) is 5.14. The van der Waals surface area contributed by atoms with Crippen molar-refractivity contribution in [3.63, 3.8) is 0 Å². The number of aromatic nitrogens is 3. The number of halogens is 1. The lowest BCUT2D eigenvalue weighted by molar-refractivity contribution is -0.120. The predicted molar refractivity (Wildman–Crippen MR) is 148 cm³/mol. The molecule has 3 amide bonds. The van der Waals surface area contributed by atoms with E-state index in [0.717, 1.165) is 11.1 Å². The van der Waals surface area contributed by atoms with Gasteiger partial charge < -0.3 is 10.2 Å². The van der Waals surface area contributed by atoms with E-state index in [1.807, 2.05) is 32.0 Å². The Bertz CT molecular complexity index is 1560. The number of aryl methyl sites for hydroxylation is 2. The largest absolute Gasteiger partial charge is 0.323 e. The van der Waals surface area contributed by atoms with Crippen LogP contribution in [0, 0.1) is 13.8 Å². The first-order valence-electron chi connectivity index (χ1n) is 12.3. The molecule has 0 saturated carbocycles. The molecule has 196 valence electrons. The quantitative estimate of drug-likeness (QED) is 0.369. The summed E-state index contributed by atoms with van der Waals surface area (Å²) in [5, 5.41) is 5.98. The molecule has 0 unspecified atom stereocenters. The fourth-order valence-corrected chi connectivity index (χ4v) is 4.64. The normalized spacial score (nSPS) is 14.8. The van der Waals surface area contributed by atoms with E-state index < -0.39 is 6.04 Å². The molecule has 0 saturated heterocycles. The molecule has 0 aliphatic carbocycles. The minimum Gasteiger partial charge on any atom is -0.323 e. The molecule has 0 bridgehead atoms. The zero-order valence-electron chi connectivity index (χ0n) is 21.3. The van der Waals surface area contributed by atoms with Crippen molar-refractivity contribution in [3.8, 4) is 0 Å². The molecule has 0 fully saturated rings. The lowest BCUT2D eigenvalue weighted by Crippen LogP contribution is -2.46. The Morgan fingerprint density at radius 3 is 2.54 bits per heavy atom. The van der Waals surface area contributed by atoms with Crippen LogP contribution in [0.5, 0.6) is 0 Å². The molecule has 9 nitrogen and oxygen atoms in total. The van der Waals surface area contributed by atoms with Crippen molar-refractivity contribution in [2.24, 2.45) is 0 Å². The molecule has 1 atom stereocenters. The van der Waals surface area contributed by atoms with Gasteiger partial charge in [0.25, 0.3) is 11.8 Å². The number of fused-ring (bicyclic) bond motifs is 1. The standard InChI is InChI=1S/C29H25ClN6O3/c1-17-14-32-29(33-15-17)35-26(37)22-8-6-19(11-18(22)2)16-36-25(13-21-5-3-4-10-31-21)27(38)34-24-12-20(30)7-9-23(24)28(36)39/h3-12,14-15,25H,13,16H2,1-2H3,(H,34,38)(H,32,33,35,37)/t25-/m1/s1. The van der Waals surface area contributed by atoms with Gasteiger partial charge in [-0.15, -0.1) is 0 Å². The monoisotopic (exact) mass is 540 g/mol. The summed E-state index contributed by atoms with van der Waals surface area (Å²) in [4.78, 5) is 54.2. The molecule has 39 heavy (non-hydrogen) atoms. The average Bonchev–Trinajstić information content (AvgIpc) is 3.00. The van der Waals surface area contributed by atoms with Crippen molar-refractivity contribution >= 4 is 41.0 Å². The number of nitrogens with one attached hydrogen (secondary N) is 2. The maximum atomic E-state index is 13.8. The van der Waals surface area contributed by atoms with Crippen molar-refractivity contribution in [1.29, 1.82) is 0 Å². The zero-order valence-corrected chi connectivity index (χ0v) is 22.1. The van der Waals surface area contributed by atoms with E-state index in [-0.39, 0.29) is 36.6 Å². The van der Waals surface area contributed by atoms with Gasteiger partial charge in [-0.3, -0.25) is 24.7 Å². The van der Waals surface area contributed by atoms with Crippen molar-refractivity contribution in [2.75, 3.05) is 10.6 Å². The lowest BCUT2D eigenvalue weighted by atomic mass is 10.0. The van der Waals surface area contributed by atoms with Crippen LogP contribution in [-0.2, 0) is 17.8 Å². The second-order valence-corrected chi connectivity index (χ2v) is 9.78. The third-order valence-corrected chi connectivity index (χ3v) is 6.67. The van der Waals surface area contributed by atoms with Gasteiger partial charge in [-0.1, -0.05) is 29.8 Å². The first-order chi connectivity index (χ1) is 18.8. The molecule has 3 heterocycles. The van der Waals surface area contributed by atoms with Crippen LogP contribution in [0.2, 0.25) is 5.02 Å². The van der Waals surface area contributed by atoms with E-state index in [1.165, 1.54) is 0 Å². The van der Waals surface area contributed by atoms with Crippen LogP contribution in [-0.4, -0.2) is 43.6 Å². The molecule has 2 N–H and O–H groups in total. The Morgan fingerprint density at radius 2 is 1.82 bits per heavy atom. The van der Waals surface area contributed by atoms with Crippen LogP contribution >= 0.6 is 11.6 Å². The number of carbonyl (C=O) groups is 3. The minimum absolute atomic E-state index is 0.148. The van der Waals surface area contributed by atoms with E-state index in [4.69, 9.17) is 11.6 Å². The minimum atomic E-state index is -0.819. The zero-order chi connectivity index (χ0) is 27.5. The summed E-state index contributed by atoms with van der Waals surface area (Å²) >= 11 is 6.15. The number of anilines is 2. The van der Waals surface area contributed by atoms with Gasteiger partial charge in [0.15, 0.2) is 0 Å². The first kappa shape index (κ1) is 26.0. The Hall–Kier alpha value is -4.63. The van der Waals surface area contributed by atoms with E-state index >= 15 is 0 Å². The van der Waals surface area contributed by atoms with Crippen LogP contribution in [0.15, 0.2) is 73.2 Å². The van der Waals surface area contributed by atoms with E-state index in [9.17, 15) is 14.4 Å². The molecule has 2 aromatic heterocycles. The van der Waals surface area contributed by atoms with Crippen LogP contribution in [0.25, 0.3) is 0 Å². The summed E-state index contributed by atoms with van der Waals surface area (Å²) in [7, 11) is 0. The molecule has 1 aliphatic heterocycles. The molecule has 10 heteroatoms. The maximum absolute atomic E-state index is 13.8. The molecule has 5 rings (SSSR count). The van der Waals surface area contributed by atoms with E-state index in [0.29, 0.717) is 33.1 Å². The van der Waals surface area contributed by atoms with Gasteiger partial charge >= 0.3 is 0 Å². The topological polar surface area (TPSA) is 117 Å². The summed E-state index contributed by atoms with van der Waals surface area (Å²) in [6, 6.07) is 14.7. The second-order valence-electron chi connectivity index (χ2n) is 9.34. The molecule has 0 spiro atoms. The summed E-state index contributed by atoms with van der Waals surface area (Å²) < 4.78 is 0. The Morgan fingerprint density at radius 1 is 1.03 bits per heavy atom. The van der Waals surface area contributed by atoms with Crippen molar-refractivity contribution in [3.05, 3.63) is 112 Å². The highest BCUT2D eigenvalue weighted by Crippen LogP contribution is 2.29. The molecule has 1 aliphatic rings. The van der Waals surface area contributed by atoms with Crippen LogP contribution in [0.3, 0.4) is 0 Å². The summed E-state index contributed by atoms with van der Waals surface area (Å²) in [5.74, 6) is -0.767. The van der Waals surface area contributed by atoms with Crippen molar-refractivity contribution in [2.45, 2.75) is 32.9 Å². The lowest BCUT2D eigenvalue weighted by Gasteiger charge is -2.29. The third-order valence-electron chi connectivity index (χ3n) is 6.43. The van der Waals surface area contributed by atoms with Crippen LogP contribution in [0.1, 0.15) is 43.1 Å².